The summed E-state index contributed by atoms with van der Waals surface area (Å²) < 4.78 is 29.2. The lowest BCUT2D eigenvalue weighted by atomic mass is 9.94. The van der Waals surface area contributed by atoms with Gasteiger partial charge in [-0.2, -0.15) is 0 Å². The third-order valence-electron chi connectivity index (χ3n) is 6.64. The average Bonchev–Trinajstić information content (AvgIpc) is 3.32. The molecule has 0 saturated heterocycles. The van der Waals surface area contributed by atoms with Gasteiger partial charge in [-0.25, -0.2) is 0 Å². The van der Waals surface area contributed by atoms with Gasteiger partial charge in [0.1, 0.15) is 6.61 Å². The molecule has 0 unspecified atom stereocenters. The number of non-ortho nitro benzene ring substituents is 1. The van der Waals surface area contributed by atoms with Gasteiger partial charge in [-0.1, -0.05) is 30.3 Å². The number of nitro benzene ring substituents is 1. The van der Waals surface area contributed by atoms with E-state index in [1.807, 2.05) is 30.3 Å². The summed E-state index contributed by atoms with van der Waals surface area (Å²) in [5.41, 5.74) is 2.31. The molecular formula is C32H34N2O12. The number of nitro groups is 1. The van der Waals surface area contributed by atoms with Crippen molar-refractivity contribution in [3.8, 4) is 22.5 Å². The normalized spacial score (nSPS) is 13.3. The van der Waals surface area contributed by atoms with Crippen LogP contribution in [0.4, 0.5) is 5.69 Å². The topological polar surface area (TPSA) is 180 Å². The van der Waals surface area contributed by atoms with Gasteiger partial charge in [0.15, 0.2) is 24.4 Å². The van der Waals surface area contributed by atoms with Crippen LogP contribution in [0.25, 0.3) is 22.5 Å². The number of ether oxygens (including phenoxy) is 5. The molecule has 0 amide bonds. The number of nitrogens with zero attached hydrogens (tertiary/aromatic N) is 2. The first-order chi connectivity index (χ1) is 21.7. The summed E-state index contributed by atoms with van der Waals surface area (Å²) in [6.07, 6.45) is -6.34. The smallest absolute Gasteiger partial charge is 0.303 e. The molecule has 14 heteroatoms. The second-order valence-corrected chi connectivity index (χ2v) is 10.2. The first kappa shape index (κ1) is 35.0. The van der Waals surface area contributed by atoms with Crippen LogP contribution in [0.2, 0.25) is 0 Å². The Morgan fingerprint density at radius 1 is 0.717 bits per heavy atom. The van der Waals surface area contributed by atoms with Gasteiger partial charge < -0.3 is 28.3 Å². The number of aromatic nitrogens is 1. The molecule has 0 spiro atoms. The maximum absolute atomic E-state index is 12.6. The van der Waals surface area contributed by atoms with Crippen LogP contribution in [0.3, 0.4) is 0 Å². The minimum Gasteiger partial charge on any atom is -0.462 e. The fraction of sp³-hybridized carbons (Fsp3) is 0.344. The predicted octanol–water partition coefficient (Wildman–Crippen LogP) is 4.23. The third kappa shape index (κ3) is 9.00. The minimum atomic E-state index is -1.66. The molecular weight excluding hydrogens is 604 g/mol. The number of hydrogen-bond donors (Lipinski definition) is 0. The van der Waals surface area contributed by atoms with E-state index in [1.165, 1.54) is 24.3 Å². The summed E-state index contributed by atoms with van der Waals surface area (Å²) in [6, 6.07) is 16.4. The molecule has 3 rings (SSSR count). The number of hydrogen-bond acceptors (Lipinski definition) is 12. The Morgan fingerprint density at radius 2 is 1.26 bits per heavy atom. The van der Waals surface area contributed by atoms with Gasteiger partial charge >= 0.3 is 29.8 Å². The lowest BCUT2D eigenvalue weighted by Crippen LogP contribution is -2.50. The molecule has 0 saturated carbocycles. The van der Waals surface area contributed by atoms with Gasteiger partial charge in [0, 0.05) is 65.1 Å². The highest BCUT2D eigenvalue weighted by molar-refractivity contribution is 5.76. The zero-order chi connectivity index (χ0) is 34.1. The van der Waals surface area contributed by atoms with E-state index < -0.39 is 65.8 Å². The molecule has 0 radical (unpaired) electrons. The summed E-state index contributed by atoms with van der Waals surface area (Å²) in [5, 5.41) is 11.4. The lowest BCUT2D eigenvalue weighted by Gasteiger charge is -2.35. The molecule has 0 aliphatic carbocycles. The Kier molecular flexibility index (Phi) is 11.7. The van der Waals surface area contributed by atoms with Crippen LogP contribution in [-0.4, -0.2) is 64.3 Å². The van der Waals surface area contributed by atoms with Crippen LogP contribution in [0, 0.1) is 10.1 Å². The van der Waals surface area contributed by atoms with Crippen molar-refractivity contribution in [1.82, 2.24) is 4.57 Å². The number of benzene rings is 2. The maximum Gasteiger partial charge on any atom is 0.303 e. The van der Waals surface area contributed by atoms with Gasteiger partial charge in [0.25, 0.3) is 5.69 Å². The second kappa shape index (κ2) is 15.5. The van der Waals surface area contributed by atoms with E-state index in [9.17, 15) is 34.1 Å². The summed E-state index contributed by atoms with van der Waals surface area (Å²) in [7, 11) is 1.72. The molecule has 244 valence electrons. The van der Waals surface area contributed by atoms with E-state index in [2.05, 4.69) is 0 Å². The van der Waals surface area contributed by atoms with Crippen molar-refractivity contribution in [2.24, 2.45) is 7.05 Å². The van der Waals surface area contributed by atoms with E-state index in [0.29, 0.717) is 17.0 Å². The molecule has 0 bridgehead atoms. The Labute approximate surface area is 264 Å². The van der Waals surface area contributed by atoms with E-state index in [1.54, 1.807) is 17.7 Å². The summed E-state index contributed by atoms with van der Waals surface area (Å²) >= 11 is 0. The lowest BCUT2D eigenvalue weighted by molar-refractivity contribution is -0.384. The first-order valence-electron chi connectivity index (χ1n) is 14.0. The second-order valence-electron chi connectivity index (χ2n) is 10.2. The zero-order valence-electron chi connectivity index (χ0n) is 26.1. The largest absolute Gasteiger partial charge is 0.462 e. The fourth-order valence-electron chi connectivity index (χ4n) is 4.96. The third-order valence-corrected chi connectivity index (χ3v) is 6.64. The average molecular weight is 639 g/mol. The van der Waals surface area contributed by atoms with Crippen molar-refractivity contribution < 1.29 is 52.6 Å². The van der Waals surface area contributed by atoms with Crippen molar-refractivity contribution in [1.29, 1.82) is 0 Å². The highest BCUT2D eigenvalue weighted by Gasteiger charge is 2.46. The van der Waals surface area contributed by atoms with E-state index >= 15 is 0 Å². The maximum atomic E-state index is 12.6. The molecule has 0 N–H and O–H groups in total. The summed E-state index contributed by atoms with van der Waals surface area (Å²) in [6.45, 7) is 4.85. The SMILES string of the molecule is CC(=O)OC[C@@H](OC(C)=O)[C@H](OC(C)=O)[C@H](OC(C)=O)[C@@H](OC(C)=O)c1cc(-c2ccccc2)n(C)c1-c1ccc([N+](=O)[O-])cc1. The molecule has 0 aliphatic heterocycles. The molecule has 4 atom stereocenters. The monoisotopic (exact) mass is 638 g/mol. The van der Waals surface area contributed by atoms with Gasteiger partial charge in [0.05, 0.1) is 10.6 Å². The van der Waals surface area contributed by atoms with Gasteiger partial charge in [-0.05, 0) is 29.3 Å². The number of carbonyl (C=O) groups is 5. The minimum absolute atomic E-state index is 0.165. The van der Waals surface area contributed by atoms with Crippen LogP contribution in [-0.2, 0) is 54.7 Å². The Bertz CT molecular complexity index is 1600. The van der Waals surface area contributed by atoms with Crippen molar-refractivity contribution >= 4 is 35.5 Å². The quantitative estimate of drug-likeness (QED) is 0.113. The fourth-order valence-corrected chi connectivity index (χ4v) is 4.96. The van der Waals surface area contributed by atoms with E-state index in [0.717, 1.165) is 40.2 Å². The van der Waals surface area contributed by atoms with Crippen molar-refractivity contribution in [3.05, 3.63) is 76.3 Å². The predicted molar refractivity (Wildman–Crippen MR) is 161 cm³/mol. The van der Waals surface area contributed by atoms with E-state index in [-0.39, 0.29) is 11.3 Å². The molecule has 46 heavy (non-hydrogen) atoms. The molecule has 1 aromatic heterocycles. The molecule has 0 fully saturated rings. The highest BCUT2D eigenvalue weighted by atomic mass is 16.6. The van der Waals surface area contributed by atoms with Crippen LogP contribution in [0.15, 0.2) is 60.7 Å². The van der Waals surface area contributed by atoms with E-state index in [4.69, 9.17) is 23.7 Å². The van der Waals surface area contributed by atoms with Gasteiger partial charge in [0.2, 0.25) is 0 Å². The molecule has 2 aromatic carbocycles. The molecule has 14 nitrogen and oxygen atoms in total. The molecule has 3 aromatic rings. The van der Waals surface area contributed by atoms with Crippen LogP contribution >= 0.6 is 0 Å². The molecule has 0 aliphatic rings. The Balaban J connectivity index is 2.37. The number of rotatable bonds is 13. The summed E-state index contributed by atoms with van der Waals surface area (Å²) in [4.78, 5) is 72.3. The van der Waals surface area contributed by atoms with Crippen molar-refractivity contribution in [2.45, 2.75) is 59.0 Å². The van der Waals surface area contributed by atoms with Gasteiger partial charge in [-0.15, -0.1) is 0 Å². The zero-order valence-corrected chi connectivity index (χ0v) is 26.1. The highest BCUT2D eigenvalue weighted by Crippen LogP contribution is 2.41. The standard InChI is InChI=1S/C32H34N2O12/c1-18(35)42-17-28(43-19(2)36)31(45-21(4)38)32(46-22(5)39)30(44-20(3)37)26-16-27(23-10-8-7-9-11-23)33(6)29(26)24-12-14-25(15-13-24)34(40)41/h7-16,28,30-32H,17H2,1-6H3/t28-,30+,31+,32-/m1/s1. The number of esters is 5. The van der Waals surface area contributed by atoms with Crippen LogP contribution in [0.1, 0.15) is 46.3 Å². The van der Waals surface area contributed by atoms with Crippen molar-refractivity contribution in [2.75, 3.05) is 6.61 Å². The first-order valence-corrected chi connectivity index (χ1v) is 14.0. The summed E-state index contributed by atoms with van der Waals surface area (Å²) in [5.74, 6) is -4.14. The Morgan fingerprint density at radius 3 is 1.76 bits per heavy atom. The van der Waals surface area contributed by atoms with Crippen LogP contribution < -0.4 is 0 Å². The number of carbonyl (C=O) groups excluding carboxylic acids is 5. The molecule has 1 heterocycles. The Hall–Kier alpha value is -5.53. The van der Waals surface area contributed by atoms with Gasteiger partial charge in [-0.3, -0.25) is 34.1 Å². The van der Waals surface area contributed by atoms with Crippen molar-refractivity contribution in [3.63, 3.8) is 0 Å². The van der Waals surface area contributed by atoms with Crippen LogP contribution in [0.5, 0.6) is 0 Å².